The van der Waals surface area contributed by atoms with Crippen LogP contribution in [-0.4, -0.2) is 41.3 Å². The normalized spacial score (nSPS) is 21.1. The van der Waals surface area contributed by atoms with Crippen molar-refractivity contribution in [1.82, 2.24) is 4.90 Å². The van der Waals surface area contributed by atoms with Gasteiger partial charge in [-0.2, -0.15) is 0 Å². The number of nitrogens with zero attached hydrogens (tertiary/aromatic N) is 1. The molecular formula is C17H15F2NO2. The van der Waals surface area contributed by atoms with Crippen LogP contribution < -0.4 is 0 Å². The molecule has 0 aliphatic carbocycles. The Morgan fingerprint density at radius 3 is 2.32 bits per heavy atom. The van der Waals surface area contributed by atoms with Crippen LogP contribution >= 0.6 is 0 Å². The minimum absolute atomic E-state index is 0.0500. The lowest BCUT2D eigenvalue weighted by Crippen LogP contribution is -2.30. The molecule has 1 saturated heterocycles. The smallest absolute Gasteiger partial charge is 0.254 e. The summed E-state index contributed by atoms with van der Waals surface area (Å²) in [5.74, 6) is -0.828. The van der Waals surface area contributed by atoms with E-state index in [1.165, 1.54) is 11.0 Å². The van der Waals surface area contributed by atoms with E-state index in [1.54, 1.807) is 42.5 Å². The molecule has 114 valence electrons. The first kappa shape index (κ1) is 14.7. The minimum Gasteiger partial charge on any atom is -0.388 e. The third kappa shape index (κ3) is 2.60. The molecule has 0 aromatic heterocycles. The number of carbonyl (C=O) groups excluding carboxylic acids is 1. The fourth-order valence-electron chi connectivity index (χ4n) is 2.67. The highest BCUT2D eigenvalue weighted by Crippen LogP contribution is 2.28. The number of rotatable bonds is 2. The number of aliphatic hydroxyl groups is 1. The van der Waals surface area contributed by atoms with Crippen molar-refractivity contribution < 1.29 is 18.7 Å². The molecule has 5 heteroatoms. The number of carbonyl (C=O) groups is 1. The fourth-order valence-corrected chi connectivity index (χ4v) is 2.67. The third-order valence-corrected chi connectivity index (χ3v) is 3.83. The van der Waals surface area contributed by atoms with Gasteiger partial charge >= 0.3 is 0 Å². The van der Waals surface area contributed by atoms with Gasteiger partial charge in [-0.15, -0.1) is 0 Å². The van der Waals surface area contributed by atoms with Crippen LogP contribution in [0, 0.1) is 5.82 Å². The van der Waals surface area contributed by atoms with E-state index in [0.717, 1.165) is 0 Å². The molecule has 1 N–H and O–H groups in total. The molecule has 2 atom stereocenters. The average molecular weight is 303 g/mol. The second kappa shape index (κ2) is 5.85. The Balaban J connectivity index is 1.99. The van der Waals surface area contributed by atoms with Crippen molar-refractivity contribution in [2.75, 3.05) is 13.1 Å². The van der Waals surface area contributed by atoms with Crippen LogP contribution in [0.25, 0.3) is 11.1 Å². The molecule has 1 aliphatic heterocycles. The van der Waals surface area contributed by atoms with Crippen molar-refractivity contribution in [2.24, 2.45) is 0 Å². The van der Waals surface area contributed by atoms with Gasteiger partial charge in [0, 0.05) is 17.7 Å². The molecule has 0 unspecified atom stereocenters. The SMILES string of the molecule is O=C(c1ccccc1-c1ccccc1F)N1C[C@@H](O)[C@H](F)C1. The second-order valence-corrected chi connectivity index (χ2v) is 5.32. The van der Waals surface area contributed by atoms with E-state index >= 15 is 0 Å². The van der Waals surface area contributed by atoms with Crippen LogP contribution in [0.15, 0.2) is 48.5 Å². The lowest BCUT2D eigenvalue weighted by molar-refractivity contribution is 0.0765. The number of likely N-dealkylation sites (tertiary alicyclic amines) is 1. The van der Waals surface area contributed by atoms with Gasteiger partial charge in [-0.25, -0.2) is 8.78 Å². The number of alkyl halides is 1. The number of halogens is 2. The average Bonchev–Trinajstić information content (AvgIpc) is 2.87. The van der Waals surface area contributed by atoms with Gasteiger partial charge in [-0.1, -0.05) is 36.4 Å². The maximum atomic E-state index is 14.0. The fraction of sp³-hybridized carbons (Fsp3) is 0.235. The van der Waals surface area contributed by atoms with E-state index in [2.05, 4.69) is 0 Å². The van der Waals surface area contributed by atoms with Crippen molar-refractivity contribution in [1.29, 1.82) is 0 Å². The first-order valence-corrected chi connectivity index (χ1v) is 7.03. The number of hydrogen-bond acceptors (Lipinski definition) is 2. The summed E-state index contributed by atoms with van der Waals surface area (Å²) in [6.45, 7) is -0.197. The molecule has 0 saturated carbocycles. The Kier molecular flexibility index (Phi) is 3.90. The van der Waals surface area contributed by atoms with Crippen LogP contribution in [0.2, 0.25) is 0 Å². The minimum atomic E-state index is -1.44. The van der Waals surface area contributed by atoms with Gasteiger partial charge in [-0.3, -0.25) is 4.79 Å². The highest BCUT2D eigenvalue weighted by atomic mass is 19.1. The predicted octanol–water partition coefficient (Wildman–Crippen LogP) is 2.65. The highest BCUT2D eigenvalue weighted by Gasteiger charge is 2.35. The summed E-state index contributed by atoms with van der Waals surface area (Å²) in [6.07, 6.45) is -2.60. The molecule has 1 heterocycles. The maximum Gasteiger partial charge on any atom is 0.254 e. The monoisotopic (exact) mass is 303 g/mol. The molecule has 3 rings (SSSR count). The summed E-state index contributed by atoms with van der Waals surface area (Å²) in [6, 6.07) is 12.8. The standard InChI is InChI=1S/C17H15F2NO2/c18-14-8-4-3-6-12(14)11-5-1-2-7-13(11)17(22)20-9-15(19)16(21)10-20/h1-8,15-16,21H,9-10H2/t15-,16-/m1/s1. The molecule has 1 amide bonds. The second-order valence-electron chi connectivity index (χ2n) is 5.32. The van der Waals surface area contributed by atoms with Crippen LogP contribution in [0.4, 0.5) is 8.78 Å². The zero-order valence-electron chi connectivity index (χ0n) is 11.7. The number of β-amino-alcohol motifs (C(OH)–C–C–N with tert-alkyl or cyclic N) is 1. The van der Waals surface area contributed by atoms with Crippen LogP contribution in [0.3, 0.4) is 0 Å². The molecule has 0 bridgehead atoms. The van der Waals surface area contributed by atoms with E-state index in [4.69, 9.17) is 0 Å². The van der Waals surface area contributed by atoms with Crippen LogP contribution in [0.5, 0.6) is 0 Å². The summed E-state index contributed by atoms with van der Waals surface area (Å²) < 4.78 is 27.4. The first-order valence-electron chi connectivity index (χ1n) is 7.03. The van der Waals surface area contributed by atoms with Crippen molar-refractivity contribution in [3.05, 3.63) is 59.9 Å². The number of hydrogen-bond donors (Lipinski definition) is 1. The maximum absolute atomic E-state index is 14.0. The van der Waals surface area contributed by atoms with Gasteiger partial charge in [0.05, 0.1) is 6.54 Å². The Morgan fingerprint density at radius 1 is 1.05 bits per heavy atom. The van der Waals surface area contributed by atoms with Gasteiger partial charge in [-0.05, 0) is 17.7 Å². The Labute approximate surface area is 126 Å². The molecule has 1 aliphatic rings. The van der Waals surface area contributed by atoms with Crippen molar-refractivity contribution in [2.45, 2.75) is 12.3 Å². The van der Waals surface area contributed by atoms with E-state index in [9.17, 15) is 18.7 Å². The summed E-state index contributed by atoms with van der Waals surface area (Å²) >= 11 is 0. The largest absolute Gasteiger partial charge is 0.388 e. The summed E-state index contributed by atoms with van der Waals surface area (Å²) in [5.41, 5.74) is 1.08. The van der Waals surface area contributed by atoms with Crippen LogP contribution in [-0.2, 0) is 0 Å². The molecular weight excluding hydrogens is 288 g/mol. The van der Waals surface area contributed by atoms with E-state index in [-0.39, 0.29) is 13.1 Å². The number of aliphatic hydroxyl groups excluding tert-OH is 1. The van der Waals surface area contributed by atoms with Crippen molar-refractivity contribution >= 4 is 5.91 Å². The molecule has 22 heavy (non-hydrogen) atoms. The van der Waals surface area contributed by atoms with Gasteiger partial charge in [0.2, 0.25) is 0 Å². The van der Waals surface area contributed by atoms with Gasteiger partial charge in [0.15, 0.2) is 0 Å². The zero-order chi connectivity index (χ0) is 15.7. The number of amides is 1. The number of benzene rings is 2. The molecule has 0 spiro atoms. The summed E-state index contributed by atoms with van der Waals surface area (Å²) in [7, 11) is 0. The highest BCUT2D eigenvalue weighted by molar-refractivity contribution is 6.01. The van der Waals surface area contributed by atoms with Crippen molar-refractivity contribution in [3.8, 4) is 11.1 Å². The molecule has 2 aromatic carbocycles. The Morgan fingerprint density at radius 2 is 1.68 bits per heavy atom. The summed E-state index contributed by atoms with van der Waals surface area (Å²) in [5, 5.41) is 9.47. The van der Waals surface area contributed by atoms with E-state index < -0.39 is 24.0 Å². The molecule has 0 radical (unpaired) electrons. The van der Waals surface area contributed by atoms with Crippen LogP contribution in [0.1, 0.15) is 10.4 Å². The van der Waals surface area contributed by atoms with E-state index in [0.29, 0.717) is 16.7 Å². The van der Waals surface area contributed by atoms with E-state index in [1.807, 2.05) is 0 Å². The Bertz CT molecular complexity index is 695. The Hall–Kier alpha value is -2.27. The van der Waals surface area contributed by atoms with Crippen molar-refractivity contribution in [3.63, 3.8) is 0 Å². The lowest BCUT2D eigenvalue weighted by atomic mass is 9.98. The van der Waals surface area contributed by atoms with Gasteiger partial charge in [0.1, 0.15) is 18.1 Å². The topological polar surface area (TPSA) is 40.5 Å². The molecule has 2 aromatic rings. The quantitative estimate of drug-likeness (QED) is 0.926. The molecule has 1 fully saturated rings. The summed E-state index contributed by atoms with van der Waals surface area (Å²) in [4.78, 5) is 13.8. The third-order valence-electron chi connectivity index (χ3n) is 3.83. The molecule has 3 nitrogen and oxygen atoms in total. The predicted molar refractivity (Wildman–Crippen MR) is 78.6 cm³/mol. The van der Waals surface area contributed by atoms with Gasteiger partial charge < -0.3 is 10.0 Å². The zero-order valence-corrected chi connectivity index (χ0v) is 11.7. The lowest BCUT2D eigenvalue weighted by Gasteiger charge is -2.18. The van der Waals surface area contributed by atoms with Gasteiger partial charge in [0.25, 0.3) is 5.91 Å². The first-order chi connectivity index (χ1) is 10.6.